The van der Waals surface area contributed by atoms with Gasteiger partial charge in [0.2, 0.25) is 0 Å². The molecule has 1 aromatic rings. The monoisotopic (exact) mass is 292 g/mol. The number of rotatable bonds is 5. The number of carbonyl (C=O) groups excluding carboxylic acids is 3. The zero-order chi connectivity index (χ0) is 16.0. The first kappa shape index (κ1) is 16.4. The minimum atomic E-state index is -0.911. The van der Waals surface area contributed by atoms with Gasteiger partial charge in [0, 0.05) is 5.56 Å². The normalized spacial score (nSPS) is 11.4. The van der Waals surface area contributed by atoms with Gasteiger partial charge in [-0.2, -0.15) is 0 Å². The molecule has 0 aliphatic rings. The van der Waals surface area contributed by atoms with E-state index >= 15 is 0 Å². The summed E-state index contributed by atoms with van der Waals surface area (Å²) in [5.41, 5.74) is -0.122. The van der Waals surface area contributed by atoms with E-state index in [1.54, 1.807) is 6.92 Å². The molecule has 112 valence electrons. The molecule has 1 aromatic carbocycles. The lowest BCUT2D eigenvalue weighted by Gasteiger charge is -2.08. The van der Waals surface area contributed by atoms with Gasteiger partial charge in [0.05, 0.1) is 19.3 Å². The van der Waals surface area contributed by atoms with Gasteiger partial charge >= 0.3 is 11.9 Å². The van der Waals surface area contributed by atoms with Crippen LogP contribution in [-0.2, 0) is 19.1 Å². The molecule has 0 aliphatic carbocycles. The third kappa shape index (κ3) is 3.92. The maximum absolute atomic E-state index is 11.7. The Morgan fingerprint density at radius 2 is 1.81 bits per heavy atom. The molecule has 0 amide bonds. The molecule has 6 nitrogen and oxygen atoms in total. The van der Waals surface area contributed by atoms with Crippen molar-refractivity contribution in [3.05, 3.63) is 41.0 Å². The third-order valence-electron chi connectivity index (χ3n) is 2.63. The smallest absolute Gasteiger partial charge is 0.345 e. The Labute approximate surface area is 122 Å². The number of ketones is 1. The Kier molecular flexibility index (Phi) is 5.66. The van der Waals surface area contributed by atoms with E-state index in [1.807, 2.05) is 0 Å². The molecule has 1 rings (SSSR count). The number of aliphatic hydroxyl groups is 1. The average molecular weight is 292 g/mol. The van der Waals surface area contributed by atoms with E-state index in [0.29, 0.717) is 0 Å². The highest BCUT2D eigenvalue weighted by Crippen LogP contribution is 2.19. The Morgan fingerprint density at radius 3 is 2.33 bits per heavy atom. The highest BCUT2D eigenvalue weighted by molar-refractivity contribution is 6.21. The van der Waals surface area contributed by atoms with Crippen LogP contribution in [0.1, 0.15) is 29.8 Å². The fourth-order valence-corrected chi connectivity index (χ4v) is 1.67. The van der Waals surface area contributed by atoms with Gasteiger partial charge in [-0.1, -0.05) is 12.1 Å². The van der Waals surface area contributed by atoms with Crippen LogP contribution < -0.4 is 0 Å². The van der Waals surface area contributed by atoms with Crippen LogP contribution in [0.5, 0.6) is 0 Å². The molecule has 0 aliphatic heterocycles. The largest absolute Gasteiger partial charge is 0.506 e. The van der Waals surface area contributed by atoms with Crippen molar-refractivity contribution < 1.29 is 29.0 Å². The Bertz CT molecular complexity index is 600. The second-order valence-corrected chi connectivity index (χ2v) is 4.07. The van der Waals surface area contributed by atoms with E-state index in [1.165, 1.54) is 31.4 Å². The summed E-state index contributed by atoms with van der Waals surface area (Å²) < 4.78 is 9.31. The molecule has 0 saturated carbocycles. The molecule has 0 radical (unpaired) electrons. The second-order valence-electron chi connectivity index (χ2n) is 4.07. The number of Topliss-reactive ketones (excluding diaryl/α,β-unsaturated/α-hetero) is 1. The van der Waals surface area contributed by atoms with Crippen LogP contribution in [0.3, 0.4) is 0 Å². The summed E-state index contributed by atoms with van der Waals surface area (Å²) in [6.45, 7) is 2.81. The van der Waals surface area contributed by atoms with Crippen molar-refractivity contribution in [2.75, 3.05) is 13.7 Å². The van der Waals surface area contributed by atoms with Crippen LogP contribution >= 0.6 is 0 Å². The number of hydrogen-bond acceptors (Lipinski definition) is 6. The molecular weight excluding hydrogens is 276 g/mol. The first-order valence-electron chi connectivity index (χ1n) is 6.22. The van der Waals surface area contributed by atoms with Gasteiger partial charge < -0.3 is 14.6 Å². The highest BCUT2D eigenvalue weighted by atomic mass is 16.5. The number of methoxy groups -OCH3 is 1. The number of hydrogen-bond donors (Lipinski definition) is 1. The van der Waals surface area contributed by atoms with Crippen LogP contribution in [0.2, 0.25) is 0 Å². The molecule has 0 spiro atoms. The highest BCUT2D eigenvalue weighted by Gasteiger charge is 2.22. The second kappa shape index (κ2) is 7.23. The van der Waals surface area contributed by atoms with Crippen molar-refractivity contribution in [1.29, 1.82) is 0 Å². The molecule has 0 atom stereocenters. The fourth-order valence-electron chi connectivity index (χ4n) is 1.67. The van der Waals surface area contributed by atoms with Gasteiger partial charge in [-0.05, 0) is 26.0 Å². The first-order valence-corrected chi connectivity index (χ1v) is 6.22. The summed E-state index contributed by atoms with van der Waals surface area (Å²) in [7, 11) is 1.23. The summed E-state index contributed by atoms with van der Waals surface area (Å²) in [6, 6.07) is 5.77. The lowest BCUT2D eigenvalue weighted by atomic mass is 10.0. The number of aliphatic hydroxyl groups excluding tert-OH is 1. The van der Waals surface area contributed by atoms with Crippen molar-refractivity contribution in [3.63, 3.8) is 0 Å². The summed E-state index contributed by atoms with van der Waals surface area (Å²) in [5.74, 6) is -2.67. The predicted molar refractivity (Wildman–Crippen MR) is 74.6 cm³/mol. The van der Waals surface area contributed by atoms with Crippen molar-refractivity contribution in [2.24, 2.45) is 0 Å². The summed E-state index contributed by atoms with van der Waals surface area (Å²) >= 11 is 0. The predicted octanol–water partition coefficient (Wildman–Crippen LogP) is 1.89. The number of esters is 2. The quantitative estimate of drug-likeness (QED) is 0.293. The van der Waals surface area contributed by atoms with Crippen LogP contribution in [0.15, 0.2) is 29.8 Å². The molecule has 0 saturated heterocycles. The molecule has 0 bridgehead atoms. The zero-order valence-corrected chi connectivity index (χ0v) is 12.0. The molecule has 0 unspecified atom stereocenters. The minimum Gasteiger partial charge on any atom is -0.506 e. The van der Waals surface area contributed by atoms with E-state index in [4.69, 9.17) is 4.74 Å². The molecule has 0 fully saturated rings. The molecule has 0 aromatic heterocycles. The van der Waals surface area contributed by atoms with Gasteiger partial charge in [0.25, 0.3) is 0 Å². The van der Waals surface area contributed by atoms with Gasteiger partial charge in [-0.25, -0.2) is 9.59 Å². The van der Waals surface area contributed by atoms with Gasteiger partial charge in [-0.15, -0.1) is 0 Å². The van der Waals surface area contributed by atoms with Crippen LogP contribution in [-0.4, -0.2) is 36.5 Å². The SMILES string of the molecule is CCOC(=O)/C(C(C)=O)=C(/O)c1cccc(C(=O)OC)c1. The Morgan fingerprint density at radius 1 is 1.19 bits per heavy atom. The van der Waals surface area contributed by atoms with E-state index in [-0.39, 0.29) is 17.7 Å². The third-order valence-corrected chi connectivity index (χ3v) is 2.63. The van der Waals surface area contributed by atoms with Crippen LogP contribution in [0, 0.1) is 0 Å². The van der Waals surface area contributed by atoms with Gasteiger partial charge in [0.1, 0.15) is 11.3 Å². The van der Waals surface area contributed by atoms with E-state index < -0.39 is 29.1 Å². The minimum absolute atomic E-state index is 0.0745. The average Bonchev–Trinajstić information content (AvgIpc) is 2.46. The molecule has 0 heterocycles. The van der Waals surface area contributed by atoms with Gasteiger partial charge in [-0.3, -0.25) is 4.79 Å². The number of benzene rings is 1. The Hall–Kier alpha value is -2.63. The van der Waals surface area contributed by atoms with Crippen molar-refractivity contribution >= 4 is 23.5 Å². The van der Waals surface area contributed by atoms with Crippen molar-refractivity contribution in [1.82, 2.24) is 0 Å². The molecular formula is C15H16O6. The molecule has 21 heavy (non-hydrogen) atoms. The maximum Gasteiger partial charge on any atom is 0.345 e. The van der Waals surface area contributed by atoms with Gasteiger partial charge in [0.15, 0.2) is 5.78 Å². The van der Waals surface area contributed by atoms with E-state index in [0.717, 1.165) is 6.92 Å². The summed E-state index contributed by atoms with van der Waals surface area (Å²) in [6.07, 6.45) is 0. The van der Waals surface area contributed by atoms with Crippen LogP contribution in [0.25, 0.3) is 5.76 Å². The zero-order valence-electron chi connectivity index (χ0n) is 12.0. The lowest BCUT2D eigenvalue weighted by Crippen LogP contribution is -2.16. The number of carbonyl (C=O) groups is 3. The van der Waals surface area contributed by atoms with Crippen LogP contribution in [0.4, 0.5) is 0 Å². The van der Waals surface area contributed by atoms with Crippen molar-refractivity contribution in [3.8, 4) is 0 Å². The standard InChI is InChI=1S/C15H16O6/c1-4-21-15(19)12(9(2)16)13(17)10-6-5-7-11(8-10)14(18)20-3/h5-8,17H,4H2,1-3H3/b13-12+. The van der Waals surface area contributed by atoms with E-state index in [2.05, 4.69) is 4.74 Å². The lowest BCUT2D eigenvalue weighted by molar-refractivity contribution is -0.139. The molecule has 1 N–H and O–H groups in total. The van der Waals surface area contributed by atoms with E-state index in [9.17, 15) is 19.5 Å². The molecule has 6 heteroatoms. The Balaban J connectivity index is 3.33. The number of ether oxygens (including phenoxy) is 2. The maximum atomic E-state index is 11.7. The summed E-state index contributed by atoms with van der Waals surface area (Å²) in [5, 5.41) is 10.1. The summed E-state index contributed by atoms with van der Waals surface area (Å²) in [4.78, 5) is 34.7. The fraction of sp³-hybridized carbons (Fsp3) is 0.267. The van der Waals surface area contributed by atoms with Crippen molar-refractivity contribution in [2.45, 2.75) is 13.8 Å². The first-order chi connectivity index (χ1) is 9.92. The topological polar surface area (TPSA) is 89.9 Å².